The Morgan fingerprint density at radius 3 is 2.34 bits per heavy atom. The van der Waals surface area contributed by atoms with Gasteiger partial charge in [-0.25, -0.2) is 31.9 Å². The Bertz CT molecular complexity index is 1720. The van der Waals surface area contributed by atoms with Gasteiger partial charge >= 0.3 is 5.69 Å². The van der Waals surface area contributed by atoms with Gasteiger partial charge < -0.3 is 10.6 Å². The molecule has 7 nitrogen and oxygen atoms in total. The van der Waals surface area contributed by atoms with Gasteiger partial charge in [-0.05, 0) is 48.8 Å². The molecule has 5 rings (SSSR count). The second-order valence-corrected chi connectivity index (χ2v) is 11.5. The SMILES string of the molecule is Cc1ccnc(C(C)C)c1-n1c(=O)nc(N2C[C@H](C)C[C@H](C)C2)c2cc(F)c(-c3c(N)c(F)c(F)c(Cl)c3F)nc21. The zero-order valence-electron chi connectivity index (χ0n) is 23.2. The third kappa shape index (κ3) is 4.79. The van der Waals surface area contributed by atoms with Crippen molar-refractivity contribution in [3.8, 4) is 16.9 Å². The Balaban J connectivity index is 1.93. The highest BCUT2D eigenvalue weighted by atomic mass is 35.5. The van der Waals surface area contributed by atoms with Crippen LogP contribution in [0.25, 0.3) is 28.0 Å². The highest BCUT2D eigenvalue weighted by Crippen LogP contribution is 2.40. The number of nitrogens with two attached hydrogens (primary N) is 1. The van der Waals surface area contributed by atoms with Crippen LogP contribution in [0.1, 0.15) is 51.3 Å². The first-order valence-electron chi connectivity index (χ1n) is 13.3. The Hall–Kier alpha value is -3.73. The van der Waals surface area contributed by atoms with Crippen molar-refractivity contribution < 1.29 is 17.6 Å². The first kappa shape index (κ1) is 28.8. The summed E-state index contributed by atoms with van der Waals surface area (Å²) in [5.74, 6) is -5.24. The lowest BCUT2D eigenvalue weighted by atomic mass is 9.92. The fourth-order valence-corrected chi connectivity index (χ4v) is 5.90. The summed E-state index contributed by atoms with van der Waals surface area (Å²) < 4.78 is 61.0. The summed E-state index contributed by atoms with van der Waals surface area (Å²) in [5, 5.41) is -1.01. The van der Waals surface area contributed by atoms with Crippen LogP contribution in [0, 0.1) is 42.0 Å². The predicted molar refractivity (Wildman–Crippen MR) is 152 cm³/mol. The number of aryl methyl sites for hydroxylation is 1. The Kier molecular flexibility index (Phi) is 7.44. The van der Waals surface area contributed by atoms with Crippen LogP contribution in [0.2, 0.25) is 5.02 Å². The molecular formula is C29H29ClF4N6O. The number of aromatic nitrogens is 4. The molecule has 3 aromatic heterocycles. The first-order chi connectivity index (χ1) is 19.3. The maximum Gasteiger partial charge on any atom is 0.355 e. The highest BCUT2D eigenvalue weighted by Gasteiger charge is 2.31. The van der Waals surface area contributed by atoms with Crippen LogP contribution in [-0.2, 0) is 0 Å². The second-order valence-electron chi connectivity index (χ2n) is 11.2. The Morgan fingerprint density at radius 2 is 1.71 bits per heavy atom. The molecule has 41 heavy (non-hydrogen) atoms. The molecule has 1 saturated heterocycles. The van der Waals surface area contributed by atoms with Crippen LogP contribution in [0.3, 0.4) is 0 Å². The average Bonchev–Trinajstić information content (AvgIpc) is 2.91. The molecule has 1 aliphatic rings. The fourth-order valence-electron chi connectivity index (χ4n) is 5.72. The summed E-state index contributed by atoms with van der Waals surface area (Å²) >= 11 is 5.69. The van der Waals surface area contributed by atoms with Crippen molar-refractivity contribution in [2.75, 3.05) is 23.7 Å². The van der Waals surface area contributed by atoms with E-state index in [1.54, 1.807) is 19.2 Å². The van der Waals surface area contributed by atoms with Crippen molar-refractivity contribution in [3.63, 3.8) is 0 Å². The molecule has 2 atom stereocenters. The molecule has 1 aliphatic heterocycles. The third-order valence-electron chi connectivity index (χ3n) is 7.43. The van der Waals surface area contributed by atoms with E-state index in [0.29, 0.717) is 30.0 Å². The van der Waals surface area contributed by atoms with Gasteiger partial charge in [0.2, 0.25) is 0 Å². The minimum absolute atomic E-state index is 0.0695. The summed E-state index contributed by atoms with van der Waals surface area (Å²) in [6, 6.07) is 2.77. The van der Waals surface area contributed by atoms with Crippen LogP contribution < -0.4 is 16.3 Å². The average molecular weight is 589 g/mol. The van der Waals surface area contributed by atoms with Crippen molar-refractivity contribution in [3.05, 3.63) is 68.4 Å². The van der Waals surface area contributed by atoms with Crippen molar-refractivity contribution in [2.24, 2.45) is 11.8 Å². The van der Waals surface area contributed by atoms with E-state index < -0.39 is 50.9 Å². The largest absolute Gasteiger partial charge is 0.396 e. The molecule has 0 unspecified atom stereocenters. The topological polar surface area (TPSA) is 89.9 Å². The molecule has 0 saturated carbocycles. The smallest absolute Gasteiger partial charge is 0.355 e. The third-order valence-corrected chi connectivity index (χ3v) is 7.77. The number of hydrogen-bond donors (Lipinski definition) is 1. The molecule has 12 heteroatoms. The van der Waals surface area contributed by atoms with Crippen molar-refractivity contribution in [2.45, 2.75) is 47.0 Å². The van der Waals surface area contributed by atoms with Gasteiger partial charge in [-0.2, -0.15) is 4.98 Å². The molecule has 1 aromatic carbocycles. The predicted octanol–water partition coefficient (Wildman–Crippen LogP) is 6.55. The number of pyridine rings is 2. The van der Waals surface area contributed by atoms with E-state index >= 15 is 8.78 Å². The van der Waals surface area contributed by atoms with Gasteiger partial charge in [-0.3, -0.25) is 4.98 Å². The first-order valence-corrected chi connectivity index (χ1v) is 13.6. The van der Waals surface area contributed by atoms with E-state index in [0.717, 1.165) is 12.5 Å². The number of piperidine rings is 1. The number of fused-ring (bicyclic) bond motifs is 1. The van der Waals surface area contributed by atoms with Gasteiger partial charge in [0.1, 0.15) is 16.5 Å². The lowest BCUT2D eigenvalue weighted by Gasteiger charge is -2.36. The lowest BCUT2D eigenvalue weighted by molar-refractivity contribution is 0.355. The van der Waals surface area contributed by atoms with E-state index in [1.807, 2.05) is 18.7 Å². The fraction of sp³-hybridized carbons (Fsp3) is 0.379. The Labute approximate surface area is 239 Å². The maximum atomic E-state index is 15.9. The van der Waals surface area contributed by atoms with Gasteiger partial charge in [-0.1, -0.05) is 39.3 Å². The van der Waals surface area contributed by atoms with Crippen LogP contribution in [0.4, 0.5) is 29.1 Å². The molecule has 4 heterocycles. The molecule has 0 radical (unpaired) electrons. The number of hydrogen-bond acceptors (Lipinski definition) is 6. The number of nitrogen functional groups attached to an aromatic ring is 1. The number of rotatable bonds is 4. The van der Waals surface area contributed by atoms with Crippen LogP contribution >= 0.6 is 11.6 Å². The van der Waals surface area contributed by atoms with Gasteiger partial charge in [0.05, 0.1) is 28.0 Å². The van der Waals surface area contributed by atoms with E-state index in [9.17, 15) is 13.6 Å². The monoisotopic (exact) mass is 588 g/mol. The summed E-state index contributed by atoms with van der Waals surface area (Å²) in [6.07, 6.45) is 2.59. The summed E-state index contributed by atoms with van der Waals surface area (Å²) in [7, 11) is 0. The molecule has 0 bridgehead atoms. The molecule has 0 amide bonds. The maximum absolute atomic E-state index is 15.9. The summed E-state index contributed by atoms with van der Waals surface area (Å²) in [4.78, 5) is 29.0. The van der Waals surface area contributed by atoms with E-state index in [4.69, 9.17) is 17.3 Å². The van der Waals surface area contributed by atoms with Crippen molar-refractivity contribution in [1.29, 1.82) is 0 Å². The van der Waals surface area contributed by atoms with Crippen molar-refractivity contribution >= 4 is 34.1 Å². The minimum Gasteiger partial charge on any atom is -0.396 e. The molecular weight excluding hydrogens is 560 g/mol. The zero-order valence-corrected chi connectivity index (χ0v) is 24.0. The van der Waals surface area contributed by atoms with E-state index in [1.165, 1.54) is 4.57 Å². The number of anilines is 2. The van der Waals surface area contributed by atoms with Crippen molar-refractivity contribution in [1.82, 2.24) is 19.5 Å². The minimum atomic E-state index is -1.70. The van der Waals surface area contributed by atoms with Gasteiger partial charge in [-0.15, -0.1) is 0 Å². The molecule has 216 valence electrons. The van der Waals surface area contributed by atoms with Crippen LogP contribution in [0.15, 0.2) is 23.1 Å². The number of benzene rings is 1. The van der Waals surface area contributed by atoms with Crippen LogP contribution in [0.5, 0.6) is 0 Å². The van der Waals surface area contributed by atoms with Crippen LogP contribution in [-0.4, -0.2) is 32.6 Å². The van der Waals surface area contributed by atoms with E-state index in [2.05, 4.69) is 28.8 Å². The zero-order chi connectivity index (χ0) is 29.9. The van der Waals surface area contributed by atoms with Gasteiger partial charge in [0, 0.05) is 19.3 Å². The van der Waals surface area contributed by atoms with Gasteiger partial charge in [0.15, 0.2) is 28.9 Å². The lowest BCUT2D eigenvalue weighted by Crippen LogP contribution is -2.40. The Morgan fingerprint density at radius 1 is 1.05 bits per heavy atom. The highest BCUT2D eigenvalue weighted by molar-refractivity contribution is 6.31. The molecule has 1 fully saturated rings. The summed E-state index contributed by atoms with van der Waals surface area (Å²) in [5.41, 5.74) is 3.97. The number of nitrogens with zero attached hydrogens (tertiary/aromatic N) is 5. The standard InChI is InChI=1S/C29H29ClF4N6O/c1-12(2)24-26(15(5)6-7-36-24)40-28-16(27(38-29(40)41)39-10-13(3)8-14(4)11-39)9-17(31)25(37-28)18-20(32)19(30)21(33)22(34)23(18)35/h6-7,9,12-14H,8,10-11,35H2,1-5H3/t13-,14+. The quantitative estimate of drug-likeness (QED) is 0.126. The molecule has 4 aromatic rings. The second kappa shape index (κ2) is 10.6. The van der Waals surface area contributed by atoms with E-state index in [-0.39, 0.29) is 34.6 Å². The summed E-state index contributed by atoms with van der Waals surface area (Å²) in [6.45, 7) is 10.9. The van der Waals surface area contributed by atoms with Gasteiger partial charge in [0.25, 0.3) is 0 Å². The molecule has 0 spiro atoms. The molecule has 0 aliphatic carbocycles. The normalized spacial score (nSPS) is 17.6. The number of halogens is 5. The molecule has 2 N–H and O–H groups in total.